The summed E-state index contributed by atoms with van der Waals surface area (Å²) in [4.78, 5) is 25.5. The molecule has 0 fully saturated rings. The lowest BCUT2D eigenvalue weighted by Crippen LogP contribution is -2.30. The summed E-state index contributed by atoms with van der Waals surface area (Å²) in [5.74, 6) is -0.421. The summed E-state index contributed by atoms with van der Waals surface area (Å²) in [5, 5.41) is 0. The highest BCUT2D eigenvalue weighted by atomic mass is 16.6. The van der Waals surface area contributed by atoms with Gasteiger partial charge in [0.2, 0.25) is 0 Å². The first kappa shape index (κ1) is 65.1. The van der Waals surface area contributed by atoms with E-state index in [4.69, 9.17) is 14.2 Å². The van der Waals surface area contributed by atoms with Gasteiger partial charge in [0, 0.05) is 19.4 Å². The van der Waals surface area contributed by atoms with Crippen molar-refractivity contribution in [2.75, 3.05) is 19.8 Å². The van der Waals surface area contributed by atoms with Crippen molar-refractivity contribution in [1.29, 1.82) is 0 Å². The van der Waals surface area contributed by atoms with Crippen molar-refractivity contribution in [2.24, 2.45) is 0 Å². The molecule has 0 aliphatic rings. The fourth-order valence-corrected chi connectivity index (χ4v) is 8.06. The molecule has 0 aliphatic carbocycles. The number of carbonyl (C=O) groups excluding carboxylic acids is 2. The van der Waals surface area contributed by atoms with Crippen LogP contribution in [0.2, 0.25) is 0 Å². The summed E-state index contributed by atoms with van der Waals surface area (Å²) in [7, 11) is 0. The van der Waals surface area contributed by atoms with Crippen molar-refractivity contribution in [3.63, 3.8) is 0 Å². The van der Waals surface area contributed by atoms with Gasteiger partial charge in [-0.25, -0.2) is 0 Å². The van der Waals surface area contributed by atoms with Crippen molar-refractivity contribution in [2.45, 2.75) is 284 Å². The van der Waals surface area contributed by atoms with Gasteiger partial charge >= 0.3 is 11.9 Å². The minimum absolute atomic E-state index is 0.0657. The predicted molar refractivity (Wildman–Crippen MR) is 297 cm³/mol. The molecule has 0 aromatic carbocycles. The van der Waals surface area contributed by atoms with E-state index in [0.717, 1.165) is 89.9 Å². The van der Waals surface area contributed by atoms with E-state index in [2.05, 4.69) is 106 Å². The first-order valence-electron chi connectivity index (χ1n) is 29.1. The number of esters is 2. The molecule has 0 saturated carbocycles. The van der Waals surface area contributed by atoms with Crippen LogP contribution >= 0.6 is 0 Å². The average Bonchev–Trinajstić information content (AvgIpc) is 3.34. The molecule has 0 aromatic rings. The Hall–Kier alpha value is -2.92. The Balaban J connectivity index is 4.33. The molecule has 5 nitrogen and oxygen atoms in total. The first-order chi connectivity index (χ1) is 33.6. The van der Waals surface area contributed by atoms with Gasteiger partial charge in [-0.3, -0.25) is 9.59 Å². The average molecular weight is 948 g/mol. The van der Waals surface area contributed by atoms with Crippen LogP contribution in [0.4, 0.5) is 0 Å². The summed E-state index contributed by atoms with van der Waals surface area (Å²) in [5.41, 5.74) is 0. The highest BCUT2D eigenvalue weighted by molar-refractivity contribution is 5.70. The largest absolute Gasteiger partial charge is 0.462 e. The Kier molecular flexibility index (Phi) is 55.9. The molecule has 0 heterocycles. The number of hydrogen-bond donors (Lipinski definition) is 0. The minimum atomic E-state index is -0.562. The second-order valence-corrected chi connectivity index (χ2v) is 19.2. The number of allylic oxidation sites excluding steroid dienone is 14. The highest BCUT2D eigenvalue weighted by Crippen LogP contribution is 2.15. The molecular weight excluding hydrogens is 837 g/mol. The van der Waals surface area contributed by atoms with Crippen molar-refractivity contribution < 1.29 is 23.8 Å². The molecule has 0 aliphatic heterocycles. The summed E-state index contributed by atoms with van der Waals surface area (Å²) in [6, 6.07) is 0. The maximum atomic E-state index is 12.9. The maximum absolute atomic E-state index is 12.9. The van der Waals surface area contributed by atoms with Crippen LogP contribution in [0, 0.1) is 0 Å². The summed E-state index contributed by atoms with van der Waals surface area (Å²) >= 11 is 0. The van der Waals surface area contributed by atoms with Crippen LogP contribution in [-0.4, -0.2) is 37.9 Å². The molecule has 0 aromatic heterocycles. The van der Waals surface area contributed by atoms with Gasteiger partial charge in [0.1, 0.15) is 6.61 Å². The van der Waals surface area contributed by atoms with E-state index in [1.54, 1.807) is 0 Å². The topological polar surface area (TPSA) is 61.8 Å². The number of carbonyl (C=O) groups is 2. The van der Waals surface area contributed by atoms with Gasteiger partial charge in [-0.05, 0) is 116 Å². The fraction of sp³-hybridized carbons (Fsp3) is 0.746. The summed E-state index contributed by atoms with van der Waals surface area (Å²) < 4.78 is 17.4. The van der Waals surface area contributed by atoms with Gasteiger partial charge in [0.15, 0.2) is 6.10 Å². The second-order valence-electron chi connectivity index (χ2n) is 19.2. The van der Waals surface area contributed by atoms with Crippen molar-refractivity contribution in [3.05, 3.63) is 85.1 Å². The monoisotopic (exact) mass is 947 g/mol. The fourth-order valence-electron chi connectivity index (χ4n) is 8.06. The van der Waals surface area contributed by atoms with E-state index in [0.29, 0.717) is 19.4 Å². The molecule has 0 radical (unpaired) electrons. The zero-order chi connectivity index (χ0) is 49.2. The van der Waals surface area contributed by atoms with E-state index in [1.165, 1.54) is 154 Å². The van der Waals surface area contributed by atoms with Crippen LogP contribution in [0.15, 0.2) is 85.1 Å². The van der Waals surface area contributed by atoms with Crippen LogP contribution in [0.3, 0.4) is 0 Å². The van der Waals surface area contributed by atoms with Gasteiger partial charge in [-0.2, -0.15) is 0 Å². The van der Waals surface area contributed by atoms with Gasteiger partial charge < -0.3 is 14.2 Å². The maximum Gasteiger partial charge on any atom is 0.306 e. The molecular formula is C63H110O5. The van der Waals surface area contributed by atoms with E-state index < -0.39 is 6.10 Å². The molecule has 0 amide bonds. The standard InChI is InChI=1S/C63H110O5/c1-4-7-10-13-16-19-22-25-28-31-32-34-35-38-41-44-47-50-53-56-62(64)67-60-61(59-66-58-55-52-49-46-43-40-37-30-27-24-21-18-15-12-9-6-3)68-63(65)57-54-51-48-45-42-39-36-33-29-26-23-20-17-14-11-8-5-2/h9,12,17-18,20-21,25-30,40,43,61H,4-8,10-11,13-16,19,22-24,31-39,41-42,44-60H2,1-3H3/b12-9-,20-17-,21-18-,28-25-,29-26-,30-27-,43-40-. The Morgan fingerprint density at radius 2 is 0.662 bits per heavy atom. The lowest BCUT2D eigenvalue weighted by Gasteiger charge is -2.18. The van der Waals surface area contributed by atoms with E-state index in [-0.39, 0.29) is 25.2 Å². The van der Waals surface area contributed by atoms with Crippen LogP contribution < -0.4 is 0 Å². The number of ether oxygens (including phenoxy) is 3. The SMILES string of the molecule is CC/C=C\C/C=C\C/C=C\C/C=C\CCCCCOCC(COC(=O)CCCCCCCCCCC/C=C\CCCCCCCC)OC(=O)CCCCCCCCC/C=C\C/C=C\CCCCC. The zero-order valence-electron chi connectivity index (χ0n) is 45.1. The zero-order valence-corrected chi connectivity index (χ0v) is 45.1. The van der Waals surface area contributed by atoms with Gasteiger partial charge in [0.05, 0.1) is 6.61 Å². The summed E-state index contributed by atoms with van der Waals surface area (Å²) in [6.45, 7) is 7.63. The molecule has 0 saturated heterocycles. The lowest BCUT2D eigenvalue weighted by molar-refractivity contribution is -0.163. The predicted octanol–water partition coefficient (Wildman–Crippen LogP) is 20.0. The highest BCUT2D eigenvalue weighted by Gasteiger charge is 2.17. The lowest BCUT2D eigenvalue weighted by atomic mass is 10.1. The Bertz CT molecular complexity index is 1250. The Morgan fingerprint density at radius 1 is 0.338 bits per heavy atom. The molecule has 0 bridgehead atoms. The normalized spacial score (nSPS) is 12.8. The third-order valence-electron chi connectivity index (χ3n) is 12.4. The quantitative estimate of drug-likeness (QED) is 0.0345. The molecule has 0 spiro atoms. The smallest absolute Gasteiger partial charge is 0.306 e. The Morgan fingerprint density at radius 3 is 1.10 bits per heavy atom. The van der Waals surface area contributed by atoms with Gasteiger partial charge in [0.25, 0.3) is 0 Å². The molecule has 0 rings (SSSR count). The minimum Gasteiger partial charge on any atom is -0.462 e. The van der Waals surface area contributed by atoms with Crippen molar-refractivity contribution in [1.82, 2.24) is 0 Å². The van der Waals surface area contributed by atoms with Crippen molar-refractivity contribution >= 4 is 11.9 Å². The molecule has 392 valence electrons. The van der Waals surface area contributed by atoms with E-state index >= 15 is 0 Å². The van der Waals surface area contributed by atoms with Gasteiger partial charge in [-0.15, -0.1) is 0 Å². The summed E-state index contributed by atoms with van der Waals surface area (Å²) in [6.07, 6.45) is 77.5. The molecule has 0 N–H and O–H groups in total. The van der Waals surface area contributed by atoms with Gasteiger partial charge in [-0.1, -0.05) is 234 Å². The number of rotatable bonds is 53. The number of unbranched alkanes of at least 4 members (excludes halogenated alkanes) is 28. The van der Waals surface area contributed by atoms with Crippen LogP contribution in [-0.2, 0) is 23.8 Å². The first-order valence-corrected chi connectivity index (χ1v) is 29.1. The molecule has 68 heavy (non-hydrogen) atoms. The third kappa shape index (κ3) is 55.7. The van der Waals surface area contributed by atoms with E-state index in [9.17, 15) is 9.59 Å². The van der Waals surface area contributed by atoms with Crippen LogP contribution in [0.5, 0.6) is 0 Å². The molecule has 1 atom stereocenters. The second kappa shape index (κ2) is 58.4. The Labute approximate surface area is 422 Å². The molecule has 5 heteroatoms. The van der Waals surface area contributed by atoms with Crippen LogP contribution in [0.1, 0.15) is 278 Å². The van der Waals surface area contributed by atoms with E-state index in [1.807, 2.05) is 0 Å². The number of hydrogen-bond acceptors (Lipinski definition) is 5. The molecule has 1 unspecified atom stereocenters. The van der Waals surface area contributed by atoms with Crippen molar-refractivity contribution in [3.8, 4) is 0 Å². The third-order valence-corrected chi connectivity index (χ3v) is 12.4. The van der Waals surface area contributed by atoms with Crippen LogP contribution in [0.25, 0.3) is 0 Å².